The Morgan fingerprint density at radius 2 is 2.14 bits per heavy atom. The molecule has 0 bridgehead atoms. The number of rotatable bonds is 5. The SMILES string of the molecule is C=C1CCC[C@@](O)(C(=O)OC)[C@@H]1CCc1ccccc1OC. The Balaban J connectivity index is 2.17. The van der Waals surface area contributed by atoms with Crippen LogP contribution in [0.1, 0.15) is 31.2 Å². The fourth-order valence-electron chi connectivity index (χ4n) is 3.34. The van der Waals surface area contributed by atoms with Gasteiger partial charge in [0.15, 0.2) is 5.60 Å². The topological polar surface area (TPSA) is 55.8 Å². The summed E-state index contributed by atoms with van der Waals surface area (Å²) < 4.78 is 10.2. The molecule has 0 amide bonds. The molecular weight excluding hydrogens is 280 g/mol. The van der Waals surface area contributed by atoms with Crippen LogP contribution in [0, 0.1) is 5.92 Å². The van der Waals surface area contributed by atoms with Gasteiger partial charge in [-0.25, -0.2) is 4.79 Å². The van der Waals surface area contributed by atoms with Crippen molar-refractivity contribution in [3.8, 4) is 5.75 Å². The zero-order valence-electron chi connectivity index (χ0n) is 13.3. The third kappa shape index (κ3) is 3.17. The molecule has 2 rings (SSSR count). The Morgan fingerprint density at radius 3 is 2.82 bits per heavy atom. The van der Waals surface area contributed by atoms with E-state index < -0.39 is 11.6 Å². The summed E-state index contributed by atoms with van der Waals surface area (Å²) in [4.78, 5) is 12.0. The van der Waals surface area contributed by atoms with E-state index in [1.165, 1.54) is 7.11 Å². The second-order valence-electron chi connectivity index (χ2n) is 5.83. The van der Waals surface area contributed by atoms with Crippen LogP contribution in [0.2, 0.25) is 0 Å². The second kappa shape index (κ2) is 6.97. The first kappa shape index (κ1) is 16.6. The number of aryl methyl sites for hydroxylation is 1. The van der Waals surface area contributed by atoms with Gasteiger partial charge in [-0.3, -0.25) is 0 Å². The van der Waals surface area contributed by atoms with E-state index in [9.17, 15) is 9.90 Å². The standard InChI is InChI=1S/C18H24O4/c1-13-7-6-12-18(20,17(19)22-3)15(13)11-10-14-8-4-5-9-16(14)21-2/h4-5,8-9,15,20H,1,6-7,10-12H2,2-3H3/t15-,18+/m1/s1. The maximum absolute atomic E-state index is 12.0. The minimum atomic E-state index is -1.45. The number of para-hydroxylation sites is 1. The molecule has 4 heteroatoms. The molecule has 1 aromatic carbocycles. The lowest BCUT2D eigenvalue weighted by atomic mass is 9.70. The van der Waals surface area contributed by atoms with Crippen molar-refractivity contribution in [1.82, 2.24) is 0 Å². The highest BCUT2D eigenvalue weighted by Crippen LogP contribution is 2.40. The van der Waals surface area contributed by atoms with Crippen molar-refractivity contribution in [1.29, 1.82) is 0 Å². The fourth-order valence-corrected chi connectivity index (χ4v) is 3.34. The van der Waals surface area contributed by atoms with Gasteiger partial charge in [0, 0.05) is 5.92 Å². The van der Waals surface area contributed by atoms with E-state index in [0.717, 1.165) is 29.7 Å². The summed E-state index contributed by atoms with van der Waals surface area (Å²) in [7, 11) is 2.96. The monoisotopic (exact) mass is 304 g/mol. The van der Waals surface area contributed by atoms with E-state index in [1.54, 1.807) is 7.11 Å². The minimum absolute atomic E-state index is 0.279. The molecule has 0 aromatic heterocycles. The van der Waals surface area contributed by atoms with Gasteiger partial charge in [-0.1, -0.05) is 30.4 Å². The van der Waals surface area contributed by atoms with Gasteiger partial charge in [-0.2, -0.15) is 0 Å². The van der Waals surface area contributed by atoms with Crippen LogP contribution < -0.4 is 4.74 Å². The largest absolute Gasteiger partial charge is 0.496 e. The van der Waals surface area contributed by atoms with E-state index in [4.69, 9.17) is 9.47 Å². The van der Waals surface area contributed by atoms with Gasteiger partial charge in [0.2, 0.25) is 0 Å². The first-order valence-electron chi connectivity index (χ1n) is 7.63. The Bertz CT molecular complexity index is 552. The van der Waals surface area contributed by atoms with Gasteiger partial charge in [-0.15, -0.1) is 0 Å². The summed E-state index contributed by atoms with van der Waals surface area (Å²) in [6.45, 7) is 4.06. The first-order valence-corrected chi connectivity index (χ1v) is 7.63. The van der Waals surface area contributed by atoms with Crippen molar-refractivity contribution in [2.45, 2.75) is 37.7 Å². The first-order chi connectivity index (χ1) is 10.5. The van der Waals surface area contributed by atoms with Crippen molar-refractivity contribution < 1.29 is 19.4 Å². The molecule has 0 saturated heterocycles. The molecule has 2 atom stereocenters. The maximum atomic E-state index is 12.0. The number of methoxy groups -OCH3 is 2. The van der Waals surface area contributed by atoms with Gasteiger partial charge in [0.25, 0.3) is 0 Å². The van der Waals surface area contributed by atoms with Gasteiger partial charge in [0.1, 0.15) is 5.75 Å². The van der Waals surface area contributed by atoms with Crippen LogP contribution in [-0.4, -0.2) is 30.9 Å². The van der Waals surface area contributed by atoms with E-state index >= 15 is 0 Å². The van der Waals surface area contributed by atoms with Gasteiger partial charge < -0.3 is 14.6 Å². The predicted octanol–water partition coefficient (Wildman–Crippen LogP) is 2.89. The zero-order valence-corrected chi connectivity index (χ0v) is 13.3. The minimum Gasteiger partial charge on any atom is -0.496 e. The number of hydrogen-bond acceptors (Lipinski definition) is 4. The quantitative estimate of drug-likeness (QED) is 0.671. The molecule has 1 aromatic rings. The molecule has 120 valence electrons. The summed E-state index contributed by atoms with van der Waals surface area (Å²) in [5.74, 6) is -0.0116. The number of hydrogen-bond donors (Lipinski definition) is 1. The summed E-state index contributed by atoms with van der Waals surface area (Å²) in [6.07, 6.45) is 3.39. The molecule has 0 heterocycles. The number of benzene rings is 1. The third-order valence-corrected chi connectivity index (χ3v) is 4.56. The molecule has 1 aliphatic carbocycles. The lowest BCUT2D eigenvalue weighted by Crippen LogP contribution is -2.49. The number of ether oxygens (including phenoxy) is 2. The average molecular weight is 304 g/mol. The molecule has 1 aliphatic rings. The highest BCUT2D eigenvalue weighted by molar-refractivity contribution is 5.80. The van der Waals surface area contributed by atoms with E-state index in [0.29, 0.717) is 19.3 Å². The summed E-state index contributed by atoms with van der Waals surface area (Å²) in [5.41, 5.74) is 0.538. The van der Waals surface area contributed by atoms with Crippen molar-refractivity contribution in [3.63, 3.8) is 0 Å². The molecule has 0 aliphatic heterocycles. The third-order valence-electron chi connectivity index (χ3n) is 4.56. The van der Waals surface area contributed by atoms with E-state index in [2.05, 4.69) is 6.58 Å². The summed E-state index contributed by atoms with van der Waals surface area (Å²) >= 11 is 0. The predicted molar refractivity (Wildman–Crippen MR) is 84.8 cm³/mol. The molecule has 0 spiro atoms. The lowest BCUT2D eigenvalue weighted by molar-refractivity contribution is -0.170. The van der Waals surface area contributed by atoms with Crippen LogP contribution in [-0.2, 0) is 16.0 Å². The van der Waals surface area contributed by atoms with Crippen molar-refractivity contribution >= 4 is 5.97 Å². The van der Waals surface area contributed by atoms with Crippen LogP contribution in [0.15, 0.2) is 36.4 Å². The molecule has 1 N–H and O–H groups in total. The Hall–Kier alpha value is -1.81. The molecular formula is C18H24O4. The number of carbonyl (C=O) groups is 1. The molecule has 1 fully saturated rings. The Morgan fingerprint density at radius 1 is 1.41 bits per heavy atom. The van der Waals surface area contributed by atoms with Crippen LogP contribution in [0.25, 0.3) is 0 Å². The van der Waals surface area contributed by atoms with Crippen LogP contribution in [0.5, 0.6) is 5.75 Å². The second-order valence-corrected chi connectivity index (χ2v) is 5.83. The Kier molecular flexibility index (Phi) is 5.24. The van der Waals surface area contributed by atoms with Gasteiger partial charge in [0.05, 0.1) is 14.2 Å². The van der Waals surface area contributed by atoms with Gasteiger partial charge >= 0.3 is 5.97 Å². The smallest absolute Gasteiger partial charge is 0.338 e. The van der Waals surface area contributed by atoms with Crippen LogP contribution in [0.4, 0.5) is 0 Å². The number of esters is 1. The number of carbonyl (C=O) groups excluding carboxylic acids is 1. The van der Waals surface area contributed by atoms with Crippen molar-refractivity contribution in [2.75, 3.05) is 14.2 Å². The lowest BCUT2D eigenvalue weighted by Gasteiger charge is -2.39. The van der Waals surface area contributed by atoms with Crippen LogP contribution in [0.3, 0.4) is 0 Å². The summed E-state index contributed by atoms with van der Waals surface area (Å²) in [6, 6.07) is 7.80. The molecule has 1 saturated carbocycles. The molecule has 0 unspecified atom stereocenters. The highest BCUT2D eigenvalue weighted by Gasteiger charge is 2.47. The van der Waals surface area contributed by atoms with Gasteiger partial charge in [-0.05, 0) is 43.7 Å². The Labute approximate surface area is 131 Å². The molecule has 4 nitrogen and oxygen atoms in total. The van der Waals surface area contributed by atoms with Crippen molar-refractivity contribution in [3.05, 3.63) is 42.0 Å². The summed E-state index contributed by atoms with van der Waals surface area (Å²) in [5, 5.41) is 10.8. The average Bonchev–Trinajstić information content (AvgIpc) is 2.53. The molecule has 22 heavy (non-hydrogen) atoms. The number of aliphatic hydroxyl groups is 1. The highest BCUT2D eigenvalue weighted by atomic mass is 16.5. The van der Waals surface area contributed by atoms with Crippen LogP contribution >= 0.6 is 0 Å². The van der Waals surface area contributed by atoms with E-state index in [1.807, 2.05) is 24.3 Å². The molecule has 0 radical (unpaired) electrons. The fraction of sp³-hybridized carbons (Fsp3) is 0.500. The normalized spacial score (nSPS) is 24.9. The van der Waals surface area contributed by atoms with Crippen molar-refractivity contribution in [2.24, 2.45) is 5.92 Å². The van der Waals surface area contributed by atoms with E-state index in [-0.39, 0.29) is 5.92 Å². The maximum Gasteiger partial charge on any atom is 0.338 e. The zero-order chi connectivity index (χ0) is 16.2.